The molecule has 1 aliphatic rings. The topological polar surface area (TPSA) is 52.5 Å². The van der Waals surface area contributed by atoms with E-state index in [0.29, 0.717) is 12.5 Å². The molecule has 0 aromatic heterocycles. The molecule has 0 aliphatic carbocycles. The van der Waals surface area contributed by atoms with Crippen LogP contribution in [0.4, 0.5) is 0 Å². The second-order valence-corrected chi connectivity index (χ2v) is 4.68. The molecule has 14 heavy (non-hydrogen) atoms. The molecule has 1 fully saturated rings. The fourth-order valence-corrected chi connectivity index (χ4v) is 2.00. The van der Waals surface area contributed by atoms with Crippen LogP contribution in [0.15, 0.2) is 0 Å². The predicted octanol–water partition coefficient (Wildman–Crippen LogP) is 0.896. The van der Waals surface area contributed by atoms with Gasteiger partial charge in [0.2, 0.25) is 0 Å². The number of hydrogen-bond donors (Lipinski definition) is 3. The Morgan fingerprint density at radius 1 is 1.29 bits per heavy atom. The molecule has 3 atom stereocenters. The number of aliphatic hydroxyl groups is 2. The Labute approximate surface area is 86.5 Å². The molecule has 0 spiro atoms. The Morgan fingerprint density at radius 2 is 2.00 bits per heavy atom. The van der Waals surface area contributed by atoms with Crippen LogP contribution < -0.4 is 5.32 Å². The SMILES string of the molecule is CC(C)[C@H](O)[C@H](O)C[C@@H]1CCCCN1. The molecule has 1 heterocycles. The highest BCUT2D eigenvalue weighted by Gasteiger charge is 2.24. The average molecular weight is 201 g/mol. The lowest BCUT2D eigenvalue weighted by Gasteiger charge is -2.28. The van der Waals surface area contributed by atoms with E-state index in [9.17, 15) is 10.2 Å². The van der Waals surface area contributed by atoms with Gasteiger partial charge in [-0.05, 0) is 31.7 Å². The number of aliphatic hydroxyl groups excluding tert-OH is 2. The zero-order valence-electron chi connectivity index (χ0n) is 9.24. The molecule has 3 heteroatoms. The van der Waals surface area contributed by atoms with Crippen molar-refractivity contribution in [2.24, 2.45) is 5.92 Å². The van der Waals surface area contributed by atoms with Gasteiger partial charge in [-0.3, -0.25) is 0 Å². The highest BCUT2D eigenvalue weighted by Crippen LogP contribution is 2.16. The van der Waals surface area contributed by atoms with Gasteiger partial charge in [0, 0.05) is 6.04 Å². The van der Waals surface area contributed by atoms with E-state index in [1.807, 2.05) is 13.8 Å². The lowest BCUT2D eigenvalue weighted by Crippen LogP contribution is -2.41. The van der Waals surface area contributed by atoms with E-state index in [0.717, 1.165) is 13.0 Å². The number of nitrogens with one attached hydrogen (secondary N) is 1. The molecule has 0 saturated carbocycles. The Hall–Kier alpha value is -0.120. The second kappa shape index (κ2) is 5.69. The summed E-state index contributed by atoms with van der Waals surface area (Å²) in [5.41, 5.74) is 0. The zero-order chi connectivity index (χ0) is 10.6. The summed E-state index contributed by atoms with van der Waals surface area (Å²) in [6.07, 6.45) is 3.12. The Kier molecular flexibility index (Phi) is 4.85. The molecule has 0 bridgehead atoms. The van der Waals surface area contributed by atoms with E-state index in [1.54, 1.807) is 0 Å². The van der Waals surface area contributed by atoms with Gasteiger partial charge in [0.1, 0.15) is 0 Å². The molecule has 0 aromatic rings. The molecule has 0 amide bonds. The summed E-state index contributed by atoms with van der Waals surface area (Å²) < 4.78 is 0. The van der Waals surface area contributed by atoms with Gasteiger partial charge in [0.05, 0.1) is 12.2 Å². The lowest BCUT2D eigenvalue weighted by atomic mass is 9.93. The Balaban J connectivity index is 2.27. The molecule has 3 N–H and O–H groups in total. The highest BCUT2D eigenvalue weighted by molar-refractivity contribution is 4.79. The maximum Gasteiger partial charge on any atom is 0.0822 e. The van der Waals surface area contributed by atoms with Gasteiger partial charge in [-0.1, -0.05) is 20.3 Å². The van der Waals surface area contributed by atoms with Gasteiger partial charge in [-0.2, -0.15) is 0 Å². The zero-order valence-corrected chi connectivity index (χ0v) is 9.24. The van der Waals surface area contributed by atoms with Gasteiger partial charge in [-0.25, -0.2) is 0 Å². The summed E-state index contributed by atoms with van der Waals surface area (Å²) in [7, 11) is 0. The quantitative estimate of drug-likeness (QED) is 0.633. The molecule has 1 saturated heterocycles. The third kappa shape index (κ3) is 3.56. The van der Waals surface area contributed by atoms with Crippen LogP contribution in [0, 0.1) is 5.92 Å². The fourth-order valence-electron chi connectivity index (χ4n) is 2.00. The van der Waals surface area contributed by atoms with E-state index in [1.165, 1.54) is 12.8 Å². The summed E-state index contributed by atoms with van der Waals surface area (Å²) >= 11 is 0. The van der Waals surface area contributed by atoms with E-state index in [4.69, 9.17) is 0 Å². The molecular weight excluding hydrogens is 178 g/mol. The fraction of sp³-hybridized carbons (Fsp3) is 1.00. The molecule has 84 valence electrons. The second-order valence-electron chi connectivity index (χ2n) is 4.68. The summed E-state index contributed by atoms with van der Waals surface area (Å²) in [4.78, 5) is 0. The highest BCUT2D eigenvalue weighted by atomic mass is 16.3. The van der Waals surface area contributed by atoms with Gasteiger partial charge in [-0.15, -0.1) is 0 Å². The first-order valence-electron chi connectivity index (χ1n) is 5.70. The number of piperidine rings is 1. The van der Waals surface area contributed by atoms with Crippen LogP contribution in [0.2, 0.25) is 0 Å². The largest absolute Gasteiger partial charge is 0.390 e. The summed E-state index contributed by atoms with van der Waals surface area (Å²) in [5.74, 6) is 0.133. The van der Waals surface area contributed by atoms with Gasteiger partial charge in [0.25, 0.3) is 0 Å². The van der Waals surface area contributed by atoms with Crippen LogP contribution in [0.5, 0.6) is 0 Å². The molecular formula is C11H23NO2. The minimum absolute atomic E-state index is 0.133. The third-order valence-corrected chi connectivity index (χ3v) is 3.02. The van der Waals surface area contributed by atoms with E-state index < -0.39 is 12.2 Å². The van der Waals surface area contributed by atoms with Crippen molar-refractivity contribution in [3.05, 3.63) is 0 Å². The lowest BCUT2D eigenvalue weighted by molar-refractivity contribution is -0.0182. The van der Waals surface area contributed by atoms with Gasteiger partial charge >= 0.3 is 0 Å². The van der Waals surface area contributed by atoms with Crippen molar-refractivity contribution >= 4 is 0 Å². The molecule has 3 nitrogen and oxygen atoms in total. The van der Waals surface area contributed by atoms with Crippen molar-refractivity contribution in [2.75, 3.05) is 6.54 Å². The van der Waals surface area contributed by atoms with Gasteiger partial charge < -0.3 is 15.5 Å². The molecule has 0 unspecified atom stereocenters. The van der Waals surface area contributed by atoms with E-state index >= 15 is 0 Å². The van der Waals surface area contributed by atoms with E-state index in [2.05, 4.69) is 5.32 Å². The standard InChI is InChI=1S/C11H23NO2/c1-8(2)11(14)10(13)7-9-5-3-4-6-12-9/h8-14H,3-7H2,1-2H3/t9-,10+,11-/m0/s1. The van der Waals surface area contributed by atoms with Crippen molar-refractivity contribution in [3.63, 3.8) is 0 Å². The van der Waals surface area contributed by atoms with Crippen molar-refractivity contribution in [1.82, 2.24) is 5.32 Å². The Morgan fingerprint density at radius 3 is 2.50 bits per heavy atom. The van der Waals surface area contributed by atoms with Crippen molar-refractivity contribution in [2.45, 2.75) is 57.8 Å². The van der Waals surface area contributed by atoms with Crippen molar-refractivity contribution < 1.29 is 10.2 Å². The first-order valence-corrected chi connectivity index (χ1v) is 5.70. The van der Waals surface area contributed by atoms with Gasteiger partial charge in [0.15, 0.2) is 0 Å². The smallest absolute Gasteiger partial charge is 0.0822 e. The molecule has 0 aromatic carbocycles. The van der Waals surface area contributed by atoms with Crippen LogP contribution in [-0.4, -0.2) is 35.0 Å². The average Bonchev–Trinajstić information content (AvgIpc) is 2.18. The maximum absolute atomic E-state index is 9.75. The first-order chi connectivity index (χ1) is 6.61. The molecule has 0 radical (unpaired) electrons. The van der Waals surface area contributed by atoms with Crippen molar-refractivity contribution in [1.29, 1.82) is 0 Å². The summed E-state index contributed by atoms with van der Waals surface area (Å²) in [6.45, 7) is 4.92. The summed E-state index contributed by atoms with van der Waals surface area (Å²) in [5, 5.41) is 22.8. The first kappa shape index (κ1) is 12.0. The van der Waals surface area contributed by atoms with Crippen LogP contribution in [0.25, 0.3) is 0 Å². The number of hydrogen-bond acceptors (Lipinski definition) is 3. The summed E-state index contributed by atoms with van der Waals surface area (Å²) in [6, 6.07) is 0.396. The third-order valence-electron chi connectivity index (χ3n) is 3.02. The van der Waals surface area contributed by atoms with Crippen LogP contribution in [0.3, 0.4) is 0 Å². The monoisotopic (exact) mass is 201 g/mol. The normalized spacial score (nSPS) is 27.6. The predicted molar refractivity (Wildman–Crippen MR) is 57.1 cm³/mol. The van der Waals surface area contributed by atoms with E-state index in [-0.39, 0.29) is 5.92 Å². The minimum atomic E-state index is -0.585. The molecule has 1 rings (SSSR count). The maximum atomic E-state index is 9.75. The molecule has 1 aliphatic heterocycles. The van der Waals surface area contributed by atoms with Crippen molar-refractivity contribution in [3.8, 4) is 0 Å². The van der Waals surface area contributed by atoms with Crippen LogP contribution in [0.1, 0.15) is 39.5 Å². The van der Waals surface area contributed by atoms with Crippen LogP contribution >= 0.6 is 0 Å². The minimum Gasteiger partial charge on any atom is -0.390 e. The Bertz CT molecular complexity index is 155. The van der Waals surface area contributed by atoms with Crippen LogP contribution in [-0.2, 0) is 0 Å². The number of rotatable bonds is 4.